The van der Waals surface area contributed by atoms with Gasteiger partial charge in [0.05, 0.1) is 38.7 Å². The minimum atomic E-state index is -2.23. The van der Waals surface area contributed by atoms with Crippen LogP contribution < -0.4 is 25.6 Å². The van der Waals surface area contributed by atoms with Crippen LogP contribution in [0.5, 0.6) is 0 Å². The van der Waals surface area contributed by atoms with Crippen molar-refractivity contribution in [2.75, 3.05) is 4.90 Å². The van der Waals surface area contributed by atoms with E-state index in [4.69, 9.17) is 0 Å². The van der Waals surface area contributed by atoms with E-state index in [9.17, 15) is 0 Å². The summed E-state index contributed by atoms with van der Waals surface area (Å²) in [6.45, 7) is 66.2. The van der Waals surface area contributed by atoms with E-state index in [1.165, 1.54) is 62.6 Å². The highest BCUT2D eigenvalue weighted by atomic mass is 28.3. The Bertz CT molecular complexity index is 2520. The minimum absolute atomic E-state index is 0.00892. The lowest BCUT2D eigenvalue weighted by Gasteiger charge is -2.48. The van der Waals surface area contributed by atoms with Crippen molar-refractivity contribution < 1.29 is 0 Å². The number of rotatable bonds is 20. The smallest absolute Gasteiger partial charge is 0.0946 e. The van der Waals surface area contributed by atoms with Gasteiger partial charge in [-0.05, 0) is 126 Å². The summed E-state index contributed by atoms with van der Waals surface area (Å²) in [7, 11) is -7.56. The molecule has 0 aliphatic heterocycles. The molecule has 5 rings (SSSR count). The van der Waals surface area contributed by atoms with Crippen LogP contribution >= 0.6 is 0 Å². The van der Waals surface area contributed by atoms with Crippen LogP contribution in [0.1, 0.15) is 197 Å². The van der Waals surface area contributed by atoms with Crippen molar-refractivity contribution in [2.45, 2.75) is 259 Å². The Morgan fingerprint density at radius 2 is 0.845 bits per heavy atom. The fourth-order valence-corrected chi connectivity index (χ4v) is 40.9. The SMILES string of the molecule is CCCC(C)[Si](c1cc(N(c2cc([Si](C(C)C)C(C)C)cc([Si](C(C)C)(C(C)C)C(C)C)c2)c2c3ccccc3c(C)c3ccc(C(C)(C)C)cc23)cc([Si](C(C)C)(C(C)C)C(C)C)c1)(C(C)C)C(C)C. The Kier molecular flexibility index (Phi) is 18.9. The summed E-state index contributed by atoms with van der Waals surface area (Å²) in [5.41, 5.74) is 13.5. The summed E-state index contributed by atoms with van der Waals surface area (Å²) < 4.78 is 0. The number of hydrogen-bond donors (Lipinski definition) is 0. The first-order valence-electron chi connectivity index (χ1n) is 28.9. The van der Waals surface area contributed by atoms with Gasteiger partial charge in [0.15, 0.2) is 0 Å². The van der Waals surface area contributed by atoms with Crippen LogP contribution in [0.3, 0.4) is 0 Å². The van der Waals surface area contributed by atoms with E-state index in [2.05, 4.69) is 264 Å². The summed E-state index contributed by atoms with van der Waals surface area (Å²) >= 11 is 0. The Morgan fingerprint density at radius 3 is 1.25 bits per heavy atom. The first-order valence-corrected chi connectivity index (χ1v) is 37.2. The lowest BCUT2D eigenvalue weighted by molar-refractivity contribution is 0.591. The van der Waals surface area contributed by atoms with Crippen LogP contribution in [0.4, 0.5) is 17.1 Å². The van der Waals surface area contributed by atoms with Gasteiger partial charge in [-0.3, -0.25) is 0 Å². The maximum atomic E-state index is 2.92. The second-order valence-electron chi connectivity index (χ2n) is 26.9. The molecule has 0 spiro atoms. The quantitative estimate of drug-likeness (QED) is 0.0555. The molecule has 0 saturated heterocycles. The van der Waals surface area contributed by atoms with E-state index in [-0.39, 0.29) is 5.41 Å². The molecule has 1 nitrogen and oxygen atoms in total. The highest BCUT2D eigenvalue weighted by Gasteiger charge is 2.50. The number of nitrogens with zero attached hydrogens (tertiary/aromatic N) is 1. The second kappa shape index (κ2) is 22.6. The third-order valence-electron chi connectivity index (χ3n) is 19.0. The van der Waals surface area contributed by atoms with E-state index >= 15 is 0 Å². The van der Waals surface area contributed by atoms with Gasteiger partial charge in [-0.1, -0.05) is 255 Å². The number of benzene rings is 5. The molecule has 71 heavy (non-hydrogen) atoms. The summed E-state index contributed by atoms with van der Waals surface area (Å²) in [6.07, 6.45) is 2.51. The van der Waals surface area contributed by atoms with Crippen molar-refractivity contribution in [3.05, 3.63) is 90.0 Å². The monoisotopic (exact) mass is 1020 g/mol. The summed E-state index contributed by atoms with van der Waals surface area (Å²) in [4.78, 5) is 2.92. The molecule has 391 valence electrons. The molecule has 0 saturated carbocycles. The highest BCUT2D eigenvalue weighted by molar-refractivity contribution is 6.98. The van der Waals surface area contributed by atoms with E-state index in [1.807, 2.05) is 0 Å². The standard InChI is InChI=1S/C66H106NSi4/c1-27-30-52(22)71(50(18)19,51(20)21)60-39-56(38-59(41-60)70(47(12)13,48(14)15)49(16)17)67(65-63-32-29-28-31-61(63)53(23)62-34-33-54(35-64(62)65)66(24,25)26)55-36-57(68(42(2)3)43(4)5)40-58(37-55)69(44(6)7,45(8)9)46(10)11/h28-29,31-52H,27,30H2,1-26H3. The third-order valence-corrected chi connectivity index (χ3v) is 43.5. The Morgan fingerprint density at radius 1 is 0.451 bits per heavy atom. The average molecular weight is 1030 g/mol. The fourth-order valence-electron chi connectivity index (χ4n) is 16.6. The van der Waals surface area contributed by atoms with Crippen LogP contribution in [0.15, 0.2) is 78.9 Å². The summed E-state index contributed by atoms with van der Waals surface area (Å²) in [5.74, 6) is 0. The molecule has 1 unspecified atom stereocenters. The Labute approximate surface area is 443 Å². The van der Waals surface area contributed by atoms with Crippen LogP contribution in [0.2, 0.25) is 61.0 Å². The molecule has 0 amide bonds. The lowest BCUT2D eigenvalue weighted by atomic mass is 9.84. The molecular weight excluding hydrogens is 919 g/mol. The molecule has 0 aromatic heterocycles. The zero-order valence-electron chi connectivity index (χ0n) is 50.7. The molecular formula is C66H106NSi4. The maximum Gasteiger partial charge on any atom is 0.0946 e. The zero-order valence-corrected chi connectivity index (χ0v) is 54.7. The van der Waals surface area contributed by atoms with Crippen LogP contribution in [-0.2, 0) is 5.41 Å². The predicted molar refractivity (Wildman–Crippen MR) is 336 cm³/mol. The van der Waals surface area contributed by atoms with Gasteiger partial charge in [-0.2, -0.15) is 0 Å². The first kappa shape index (κ1) is 59.2. The normalized spacial score (nSPS) is 14.1. The van der Waals surface area contributed by atoms with Crippen LogP contribution in [-0.4, -0.2) is 33.0 Å². The van der Waals surface area contributed by atoms with Crippen molar-refractivity contribution in [3.63, 3.8) is 0 Å². The topological polar surface area (TPSA) is 3.24 Å². The van der Waals surface area contributed by atoms with Crippen molar-refractivity contribution in [3.8, 4) is 0 Å². The summed E-state index contributed by atoms with van der Waals surface area (Å²) in [5, 5.41) is 12.2. The first-order chi connectivity index (χ1) is 32.9. The van der Waals surface area contributed by atoms with Gasteiger partial charge in [0.2, 0.25) is 0 Å². The van der Waals surface area contributed by atoms with Gasteiger partial charge in [-0.15, -0.1) is 0 Å². The largest absolute Gasteiger partial charge is 0.309 e. The average Bonchev–Trinajstić information content (AvgIpc) is 3.24. The second-order valence-corrected chi connectivity index (χ2v) is 48.2. The van der Waals surface area contributed by atoms with Gasteiger partial charge >= 0.3 is 0 Å². The summed E-state index contributed by atoms with van der Waals surface area (Å²) in [6, 6.07) is 33.9. The molecule has 0 aliphatic rings. The molecule has 0 bridgehead atoms. The molecule has 5 aromatic rings. The Balaban J connectivity index is 2.29. The van der Waals surface area contributed by atoms with E-state index < -0.39 is 33.0 Å². The number of anilines is 3. The fraction of sp³-hybridized carbons (Fsp3) is 0.606. The number of aryl methyl sites for hydroxylation is 1. The van der Waals surface area contributed by atoms with Gasteiger partial charge < -0.3 is 4.90 Å². The Hall–Kier alpha value is -2.71. The number of fused-ring (bicyclic) bond motifs is 2. The van der Waals surface area contributed by atoms with Gasteiger partial charge in [-0.25, -0.2) is 0 Å². The minimum Gasteiger partial charge on any atom is -0.309 e. The lowest BCUT2D eigenvalue weighted by Crippen LogP contribution is -2.60. The molecule has 0 fully saturated rings. The molecule has 1 radical (unpaired) electrons. The third kappa shape index (κ3) is 10.4. The van der Waals surface area contributed by atoms with E-state index in [0.717, 1.165) is 0 Å². The van der Waals surface area contributed by atoms with Crippen LogP contribution in [0, 0.1) is 6.92 Å². The van der Waals surface area contributed by atoms with Gasteiger partial charge in [0.25, 0.3) is 0 Å². The van der Waals surface area contributed by atoms with Gasteiger partial charge in [0, 0.05) is 22.1 Å². The molecule has 0 aliphatic carbocycles. The predicted octanol–water partition coefficient (Wildman–Crippen LogP) is 20.0. The van der Waals surface area contributed by atoms with E-state index in [1.54, 1.807) is 20.7 Å². The molecule has 0 N–H and O–H groups in total. The molecule has 1 atom stereocenters. The van der Waals surface area contributed by atoms with Crippen LogP contribution in [0.25, 0.3) is 21.5 Å². The molecule has 0 heterocycles. The molecule has 5 heteroatoms. The van der Waals surface area contributed by atoms with E-state index in [0.29, 0.717) is 61.0 Å². The molecule has 5 aromatic carbocycles. The highest BCUT2D eigenvalue weighted by Crippen LogP contribution is 2.51. The zero-order chi connectivity index (χ0) is 53.6. The van der Waals surface area contributed by atoms with Crippen molar-refractivity contribution in [1.82, 2.24) is 0 Å². The maximum absolute atomic E-state index is 2.92. The van der Waals surface area contributed by atoms with Crippen molar-refractivity contribution in [1.29, 1.82) is 0 Å². The van der Waals surface area contributed by atoms with Crippen molar-refractivity contribution >= 4 is 92.4 Å². The van der Waals surface area contributed by atoms with Gasteiger partial charge in [0.1, 0.15) is 0 Å². The number of hydrogen-bond acceptors (Lipinski definition) is 1. The van der Waals surface area contributed by atoms with Crippen molar-refractivity contribution in [2.24, 2.45) is 0 Å².